The SMILES string of the molecule is CC(C)Cn1ccnc(NC2(CCl)CCOCC2)c1=O. The Hall–Kier alpha value is -1.07. The molecule has 1 aromatic rings. The molecule has 0 radical (unpaired) electrons. The van der Waals surface area contributed by atoms with Gasteiger partial charge in [0.15, 0.2) is 5.82 Å². The summed E-state index contributed by atoms with van der Waals surface area (Å²) in [5, 5.41) is 3.27. The van der Waals surface area contributed by atoms with E-state index in [4.69, 9.17) is 16.3 Å². The third-order valence-electron chi connectivity index (χ3n) is 3.56. The van der Waals surface area contributed by atoms with Crippen molar-refractivity contribution in [1.82, 2.24) is 9.55 Å². The molecular weight excluding hydrogens is 278 g/mol. The molecule has 1 aliphatic rings. The van der Waals surface area contributed by atoms with Crippen LogP contribution in [0.15, 0.2) is 17.2 Å². The largest absolute Gasteiger partial charge is 0.381 e. The second-order valence-corrected chi connectivity index (χ2v) is 6.05. The first-order valence-electron chi connectivity index (χ1n) is 7.04. The number of nitrogens with zero attached hydrogens (tertiary/aromatic N) is 2. The molecule has 112 valence electrons. The van der Waals surface area contributed by atoms with E-state index in [0.717, 1.165) is 12.8 Å². The van der Waals surface area contributed by atoms with Crippen molar-refractivity contribution < 1.29 is 4.74 Å². The van der Waals surface area contributed by atoms with Crippen LogP contribution >= 0.6 is 11.6 Å². The first kappa shape index (κ1) is 15.3. The molecule has 0 spiro atoms. The van der Waals surface area contributed by atoms with E-state index in [2.05, 4.69) is 24.1 Å². The fourth-order valence-corrected chi connectivity index (χ4v) is 2.71. The van der Waals surface area contributed by atoms with E-state index in [1.54, 1.807) is 17.0 Å². The molecule has 0 aliphatic carbocycles. The van der Waals surface area contributed by atoms with Gasteiger partial charge in [-0.05, 0) is 18.8 Å². The Labute approximate surface area is 124 Å². The minimum absolute atomic E-state index is 0.0859. The Bertz CT molecular complexity index is 495. The average molecular weight is 300 g/mol. The zero-order valence-electron chi connectivity index (χ0n) is 12.1. The third kappa shape index (κ3) is 3.52. The molecule has 5 nitrogen and oxygen atoms in total. The highest BCUT2D eigenvalue weighted by molar-refractivity contribution is 6.18. The van der Waals surface area contributed by atoms with Crippen LogP contribution in [-0.2, 0) is 11.3 Å². The number of nitrogens with one attached hydrogen (secondary N) is 1. The van der Waals surface area contributed by atoms with E-state index in [9.17, 15) is 4.79 Å². The summed E-state index contributed by atoms with van der Waals surface area (Å²) in [5.41, 5.74) is -0.375. The third-order valence-corrected chi connectivity index (χ3v) is 4.08. The van der Waals surface area contributed by atoms with Crippen LogP contribution in [0.3, 0.4) is 0 Å². The Morgan fingerprint density at radius 2 is 2.20 bits per heavy atom. The molecule has 1 aromatic heterocycles. The smallest absolute Gasteiger partial charge is 0.293 e. The van der Waals surface area contributed by atoms with E-state index < -0.39 is 0 Å². The second-order valence-electron chi connectivity index (χ2n) is 5.78. The van der Waals surface area contributed by atoms with Crippen LogP contribution < -0.4 is 10.9 Å². The fraction of sp³-hybridized carbons (Fsp3) is 0.714. The van der Waals surface area contributed by atoms with Gasteiger partial charge >= 0.3 is 0 Å². The van der Waals surface area contributed by atoms with Gasteiger partial charge in [0, 0.05) is 38.0 Å². The van der Waals surface area contributed by atoms with E-state index >= 15 is 0 Å². The second kappa shape index (κ2) is 6.59. The topological polar surface area (TPSA) is 56.1 Å². The molecule has 2 heterocycles. The van der Waals surface area contributed by atoms with Crippen molar-refractivity contribution in [3.8, 4) is 0 Å². The van der Waals surface area contributed by atoms with Gasteiger partial charge in [0.25, 0.3) is 5.56 Å². The number of hydrogen-bond acceptors (Lipinski definition) is 4. The maximum atomic E-state index is 12.4. The zero-order chi connectivity index (χ0) is 14.6. The monoisotopic (exact) mass is 299 g/mol. The summed E-state index contributed by atoms with van der Waals surface area (Å²) in [6.07, 6.45) is 4.96. The van der Waals surface area contributed by atoms with Crippen LogP contribution in [0.25, 0.3) is 0 Å². The van der Waals surface area contributed by atoms with Gasteiger partial charge in [-0.2, -0.15) is 0 Å². The maximum absolute atomic E-state index is 12.4. The highest BCUT2D eigenvalue weighted by Gasteiger charge is 2.32. The van der Waals surface area contributed by atoms with E-state index in [1.165, 1.54) is 0 Å². The normalized spacial score (nSPS) is 18.2. The number of ether oxygens (including phenoxy) is 1. The Morgan fingerprint density at radius 3 is 2.80 bits per heavy atom. The quantitative estimate of drug-likeness (QED) is 0.846. The van der Waals surface area contributed by atoms with Crippen molar-refractivity contribution >= 4 is 17.4 Å². The lowest BCUT2D eigenvalue weighted by molar-refractivity contribution is 0.0666. The standard InChI is InChI=1S/C14H22ClN3O2/c1-11(2)9-18-6-5-16-12(13(18)19)17-14(10-15)3-7-20-8-4-14/h5-6,11H,3-4,7-10H2,1-2H3,(H,16,17). The molecule has 0 unspecified atom stereocenters. The van der Waals surface area contributed by atoms with Crippen molar-refractivity contribution in [3.05, 3.63) is 22.7 Å². The summed E-state index contributed by atoms with van der Waals surface area (Å²) in [4.78, 5) is 16.6. The number of alkyl halides is 1. The van der Waals surface area contributed by atoms with Gasteiger partial charge in [0.1, 0.15) is 0 Å². The van der Waals surface area contributed by atoms with Gasteiger partial charge in [0.2, 0.25) is 0 Å². The van der Waals surface area contributed by atoms with Crippen molar-refractivity contribution in [3.63, 3.8) is 0 Å². The number of hydrogen-bond donors (Lipinski definition) is 1. The van der Waals surface area contributed by atoms with Crippen molar-refractivity contribution in [2.75, 3.05) is 24.4 Å². The summed E-state index contributed by atoms with van der Waals surface area (Å²) in [6.45, 7) is 6.17. The molecule has 0 amide bonds. The Balaban J connectivity index is 2.22. The van der Waals surface area contributed by atoms with Gasteiger partial charge in [-0.3, -0.25) is 4.79 Å². The lowest BCUT2D eigenvalue weighted by Crippen LogP contribution is -2.47. The predicted octanol–water partition coefficient (Wildman–Crippen LogP) is 2.10. The first-order valence-corrected chi connectivity index (χ1v) is 7.57. The van der Waals surface area contributed by atoms with Crippen molar-refractivity contribution in [2.24, 2.45) is 5.92 Å². The van der Waals surface area contributed by atoms with Crippen LogP contribution in [-0.4, -0.2) is 34.2 Å². The molecule has 0 atom stereocenters. The average Bonchev–Trinajstić information content (AvgIpc) is 2.44. The summed E-state index contributed by atoms with van der Waals surface area (Å²) in [5.74, 6) is 1.24. The lowest BCUT2D eigenvalue weighted by atomic mass is 9.92. The molecule has 1 N–H and O–H groups in total. The van der Waals surface area contributed by atoms with Crippen molar-refractivity contribution in [1.29, 1.82) is 0 Å². The molecule has 6 heteroatoms. The predicted molar refractivity (Wildman–Crippen MR) is 80.5 cm³/mol. The summed E-state index contributed by atoms with van der Waals surface area (Å²) in [7, 11) is 0. The first-order chi connectivity index (χ1) is 9.56. The summed E-state index contributed by atoms with van der Waals surface area (Å²) >= 11 is 6.11. The molecule has 1 aliphatic heterocycles. The zero-order valence-corrected chi connectivity index (χ0v) is 12.8. The molecule has 20 heavy (non-hydrogen) atoms. The minimum atomic E-state index is -0.289. The van der Waals surface area contributed by atoms with E-state index in [-0.39, 0.29) is 11.1 Å². The summed E-state index contributed by atoms with van der Waals surface area (Å²) in [6, 6.07) is 0. The molecule has 0 bridgehead atoms. The lowest BCUT2D eigenvalue weighted by Gasteiger charge is -2.36. The highest BCUT2D eigenvalue weighted by atomic mass is 35.5. The van der Waals surface area contributed by atoms with Gasteiger partial charge in [-0.25, -0.2) is 4.98 Å². The van der Waals surface area contributed by atoms with Crippen LogP contribution in [0.2, 0.25) is 0 Å². The van der Waals surface area contributed by atoms with Gasteiger partial charge < -0.3 is 14.6 Å². The molecule has 1 fully saturated rings. The molecule has 0 aromatic carbocycles. The van der Waals surface area contributed by atoms with Gasteiger partial charge in [0.05, 0.1) is 5.54 Å². The Morgan fingerprint density at radius 1 is 1.50 bits per heavy atom. The Kier molecular flexibility index (Phi) is 5.05. The molecule has 1 saturated heterocycles. The number of rotatable bonds is 5. The van der Waals surface area contributed by atoms with Gasteiger partial charge in [-0.15, -0.1) is 11.6 Å². The fourth-order valence-electron chi connectivity index (χ4n) is 2.38. The van der Waals surface area contributed by atoms with Crippen LogP contribution in [0.5, 0.6) is 0 Å². The van der Waals surface area contributed by atoms with Crippen molar-refractivity contribution in [2.45, 2.75) is 38.8 Å². The molecule has 2 rings (SSSR count). The molecule has 0 saturated carbocycles. The van der Waals surface area contributed by atoms with E-state index in [0.29, 0.717) is 37.4 Å². The van der Waals surface area contributed by atoms with Gasteiger partial charge in [-0.1, -0.05) is 13.8 Å². The van der Waals surface area contributed by atoms with Crippen LogP contribution in [0.4, 0.5) is 5.82 Å². The van der Waals surface area contributed by atoms with Crippen LogP contribution in [0, 0.1) is 5.92 Å². The number of halogens is 1. The minimum Gasteiger partial charge on any atom is -0.381 e. The number of aromatic nitrogens is 2. The molecular formula is C14H22ClN3O2. The maximum Gasteiger partial charge on any atom is 0.293 e. The van der Waals surface area contributed by atoms with Crippen LogP contribution in [0.1, 0.15) is 26.7 Å². The summed E-state index contributed by atoms with van der Waals surface area (Å²) < 4.78 is 7.06. The highest BCUT2D eigenvalue weighted by Crippen LogP contribution is 2.25. The number of anilines is 1. The van der Waals surface area contributed by atoms with E-state index in [1.807, 2.05) is 0 Å².